The van der Waals surface area contributed by atoms with Crippen molar-refractivity contribution in [3.8, 4) is 0 Å². The van der Waals surface area contributed by atoms with Crippen LogP contribution in [0.4, 0.5) is 0 Å². The Morgan fingerprint density at radius 3 is 1.94 bits per heavy atom. The predicted octanol–water partition coefficient (Wildman–Crippen LogP) is -0.185. The monoisotopic (exact) mass is 264 g/mol. The van der Waals surface area contributed by atoms with Gasteiger partial charge in [-0.1, -0.05) is 0 Å². The lowest BCUT2D eigenvalue weighted by atomic mass is 10.3. The van der Waals surface area contributed by atoms with Gasteiger partial charge in [0, 0.05) is 32.2 Å². The molecule has 1 saturated heterocycles. The summed E-state index contributed by atoms with van der Waals surface area (Å²) in [6.07, 6.45) is 0. The fraction of sp³-hybridized carbons (Fsp3) is 0.900. The minimum Gasteiger partial charge on any atom is -0.480 e. The summed E-state index contributed by atoms with van der Waals surface area (Å²) in [6, 6.07) is 0.386. The van der Waals surface area contributed by atoms with Gasteiger partial charge < -0.3 is 5.11 Å². The van der Waals surface area contributed by atoms with Crippen molar-refractivity contribution >= 4 is 16.0 Å². The number of nitrogens with zero attached hydrogens (tertiary/aromatic N) is 2. The average Bonchev–Trinajstić information content (AvgIpc) is 2.27. The van der Waals surface area contributed by atoms with Crippen molar-refractivity contribution in [2.45, 2.75) is 32.1 Å². The first-order valence-electron chi connectivity index (χ1n) is 5.72. The van der Waals surface area contributed by atoms with Gasteiger partial charge in [0.05, 0.1) is 0 Å². The number of aliphatic carboxylic acids is 1. The maximum Gasteiger partial charge on any atom is 0.323 e. The molecule has 7 heteroatoms. The van der Waals surface area contributed by atoms with E-state index >= 15 is 0 Å². The summed E-state index contributed by atoms with van der Waals surface area (Å²) in [4.78, 5) is 12.9. The molecule has 0 radical (unpaired) electrons. The van der Waals surface area contributed by atoms with Crippen molar-refractivity contribution in [1.29, 1.82) is 0 Å². The summed E-state index contributed by atoms with van der Waals surface area (Å²) in [5, 5.41) is 7.40. The molecule has 17 heavy (non-hydrogen) atoms. The molecule has 1 N–H and O–H groups in total. The van der Waals surface area contributed by atoms with E-state index in [2.05, 4.69) is 18.7 Å². The van der Waals surface area contributed by atoms with Crippen LogP contribution in [0.25, 0.3) is 0 Å². The van der Waals surface area contributed by atoms with E-state index in [1.54, 1.807) is 0 Å². The molecule has 1 atom stereocenters. The molecule has 1 heterocycles. The summed E-state index contributed by atoms with van der Waals surface area (Å²) in [5.74, 6) is -1.30. The molecule has 6 nitrogen and oxygen atoms in total. The largest absolute Gasteiger partial charge is 0.480 e. The third-order valence-corrected chi connectivity index (χ3v) is 5.34. The number of hydrogen-bond acceptors (Lipinski definition) is 4. The topological polar surface area (TPSA) is 77.9 Å². The van der Waals surface area contributed by atoms with Crippen molar-refractivity contribution in [1.82, 2.24) is 9.21 Å². The molecule has 1 aliphatic rings. The summed E-state index contributed by atoms with van der Waals surface area (Å²) >= 11 is 0. The molecular weight excluding hydrogens is 244 g/mol. The quantitative estimate of drug-likeness (QED) is 0.762. The van der Waals surface area contributed by atoms with Gasteiger partial charge in [-0.05, 0) is 20.8 Å². The Bertz CT molecular complexity index is 372. The van der Waals surface area contributed by atoms with Gasteiger partial charge in [0.25, 0.3) is 0 Å². The maximum atomic E-state index is 11.9. The second-order valence-corrected chi connectivity index (χ2v) is 6.81. The average molecular weight is 264 g/mol. The number of carboxylic acids is 1. The van der Waals surface area contributed by atoms with Crippen LogP contribution >= 0.6 is 0 Å². The van der Waals surface area contributed by atoms with Crippen molar-refractivity contribution in [3.63, 3.8) is 0 Å². The van der Waals surface area contributed by atoms with Crippen LogP contribution in [0.15, 0.2) is 0 Å². The van der Waals surface area contributed by atoms with Gasteiger partial charge in [-0.25, -0.2) is 8.42 Å². The summed E-state index contributed by atoms with van der Waals surface area (Å²) in [5.41, 5.74) is 0. The summed E-state index contributed by atoms with van der Waals surface area (Å²) in [7, 11) is -3.70. The smallest absolute Gasteiger partial charge is 0.323 e. The number of hydrogen-bond donors (Lipinski definition) is 1. The molecule has 0 saturated carbocycles. The Balaban J connectivity index is 2.68. The van der Waals surface area contributed by atoms with Crippen molar-refractivity contribution in [2.24, 2.45) is 0 Å². The zero-order chi connectivity index (χ0) is 13.2. The van der Waals surface area contributed by atoms with E-state index in [9.17, 15) is 13.2 Å². The minimum atomic E-state index is -3.70. The van der Waals surface area contributed by atoms with Crippen LogP contribution in [-0.4, -0.2) is 66.2 Å². The van der Waals surface area contributed by atoms with Gasteiger partial charge in [-0.3, -0.25) is 9.69 Å². The lowest BCUT2D eigenvalue weighted by Gasteiger charge is -2.36. The molecule has 1 rings (SSSR count). The first-order valence-corrected chi connectivity index (χ1v) is 7.23. The molecule has 1 unspecified atom stereocenters. The molecule has 100 valence electrons. The van der Waals surface area contributed by atoms with E-state index < -0.39 is 21.2 Å². The number of piperazine rings is 1. The molecule has 0 aromatic heterocycles. The van der Waals surface area contributed by atoms with E-state index in [1.165, 1.54) is 11.2 Å². The SMILES string of the molecule is CC(C)N1CCN(S(=O)(=O)C(C)C(=O)O)CC1. The highest BCUT2D eigenvalue weighted by atomic mass is 32.2. The number of sulfonamides is 1. The Morgan fingerprint density at radius 2 is 1.59 bits per heavy atom. The summed E-state index contributed by atoms with van der Waals surface area (Å²) < 4.78 is 25.1. The van der Waals surface area contributed by atoms with Crippen LogP contribution in [-0.2, 0) is 14.8 Å². The molecule has 0 aliphatic carbocycles. The van der Waals surface area contributed by atoms with E-state index in [1.807, 2.05) is 0 Å². The first-order chi connectivity index (χ1) is 7.76. The van der Waals surface area contributed by atoms with Crippen LogP contribution < -0.4 is 0 Å². The second-order valence-electron chi connectivity index (χ2n) is 4.55. The molecule has 0 bridgehead atoms. The lowest BCUT2D eigenvalue weighted by Crippen LogP contribution is -2.53. The van der Waals surface area contributed by atoms with Crippen LogP contribution in [0, 0.1) is 0 Å². The van der Waals surface area contributed by atoms with E-state index in [0.29, 0.717) is 32.2 Å². The Morgan fingerprint density at radius 1 is 1.12 bits per heavy atom. The predicted molar refractivity (Wildman–Crippen MR) is 64.3 cm³/mol. The van der Waals surface area contributed by atoms with Gasteiger partial charge in [0.2, 0.25) is 10.0 Å². The highest BCUT2D eigenvalue weighted by Crippen LogP contribution is 2.14. The Hall–Kier alpha value is -0.660. The Kier molecular flexibility index (Phi) is 4.51. The third kappa shape index (κ3) is 3.17. The van der Waals surface area contributed by atoms with Crippen molar-refractivity contribution < 1.29 is 18.3 Å². The molecular formula is C10H20N2O4S. The minimum absolute atomic E-state index is 0.373. The zero-order valence-corrected chi connectivity index (χ0v) is 11.3. The van der Waals surface area contributed by atoms with Crippen LogP contribution in [0.1, 0.15) is 20.8 Å². The molecule has 0 spiro atoms. The highest BCUT2D eigenvalue weighted by molar-refractivity contribution is 7.90. The maximum absolute atomic E-state index is 11.9. The fourth-order valence-corrected chi connectivity index (χ4v) is 3.20. The number of rotatable bonds is 4. The molecule has 0 aromatic carbocycles. The van der Waals surface area contributed by atoms with Crippen molar-refractivity contribution in [2.75, 3.05) is 26.2 Å². The summed E-state index contributed by atoms with van der Waals surface area (Å²) in [6.45, 7) is 7.39. The Labute approximate surface area is 102 Å². The van der Waals surface area contributed by atoms with Gasteiger partial charge in [-0.2, -0.15) is 4.31 Å². The second kappa shape index (κ2) is 5.32. The molecule has 1 aliphatic heterocycles. The van der Waals surface area contributed by atoms with Gasteiger partial charge in [0.15, 0.2) is 5.25 Å². The van der Waals surface area contributed by atoms with Gasteiger partial charge >= 0.3 is 5.97 Å². The van der Waals surface area contributed by atoms with E-state index in [4.69, 9.17) is 5.11 Å². The highest BCUT2D eigenvalue weighted by Gasteiger charge is 2.35. The molecule has 0 amide bonds. The van der Waals surface area contributed by atoms with Gasteiger partial charge in [0.1, 0.15) is 0 Å². The number of carbonyl (C=O) groups is 1. The molecule has 1 fully saturated rings. The van der Waals surface area contributed by atoms with Crippen molar-refractivity contribution in [3.05, 3.63) is 0 Å². The van der Waals surface area contributed by atoms with Gasteiger partial charge in [-0.15, -0.1) is 0 Å². The normalized spacial score (nSPS) is 21.6. The van der Waals surface area contributed by atoms with E-state index in [-0.39, 0.29) is 0 Å². The standard InChI is InChI=1S/C10H20N2O4S/c1-8(2)11-4-6-12(7-5-11)17(15,16)9(3)10(13)14/h8-9H,4-7H2,1-3H3,(H,13,14). The number of carboxylic acid groups (broad SMARTS) is 1. The van der Waals surface area contributed by atoms with Crippen LogP contribution in [0.2, 0.25) is 0 Å². The van der Waals surface area contributed by atoms with Crippen LogP contribution in [0.3, 0.4) is 0 Å². The first kappa shape index (κ1) is 14.4. The molecule has 0 aromatic rings. The lowest BCUT2D eigenvalue weighted by molar-refractivity contribution is -0.136. The fourth-order valence-electron chi connectivity index (χ4n) is 1.83. The zero-order valence-electron chi connectivity index (χ0n) is 10.5. The van der Waals surface area contributed by atoms with E-state index in [0.717, 1.165) is 0 Å². The van der Waals surface area contributed by atoms with Crippen LogP contribution in [0.5, 0.6) is 0 Å². The third-order valence-electron chi connectivity index (χ3n) is 3.16.